The molecule has 4 heteroatoms. The second kappa shape index (κ2) is 11.8. The molecule has 0 heterocycles. The molecule has 0 aliphatic rings. The SMILES string of the molecule is CCCOC(=O)CCCCCC(=O)OCCc1ccccc1. The van der Waals surface area contributed by atoms with Crippen molar-refractivity contribution in [1.29, 1.82) is 0 Å². The molecule has 4 nitrogen and oxygen atoms in total. The first-order chi connectivity index (χ1) is 10.7. The summed E-state index contributed by atoms with van der Waals surface area (Å²) >= 11 is 0. The molecule has 1 aromatic carbocycles. The maximum Gasteiger partial charge on any atom is 0.305 e. The fourth-order valence-corrected chi connectivity index (χ4v) is 2.00. The molecule has 22 heavy (non-hydrogen) atoms. The van der Waals surface area contributed by atoms with E-state index in [1.54, 1.807) is 0 Å². The third-order valence-electron chi connectivity index (χ3n) is 3.23. The molecule has 0 N–H and O–H groups in total. The lowest BCUT2D eigenvalue weighted by molar-refractivity contribution is -0.144. The van der Waals surface area contributed by atoms with Gasteiger partial charge in [0.2, 0.25) is 0 Å². The Hall–Kier alpha value is -1.84. The summed E-state index contributed by atoms with van der Waals surface area (Å²) in [6, 6.07) is 9.95. The van der Waals surface area contributed by atoms with Gasteiger partial charge in [-0.25, -0.2) is 0 Å². The number of carbonyl (C=O) groups excluding carboxylic acids is 2. The molecule has 0 saturated carbocycles. The second-order valence-corrected chi connectivity index (χ2v) is 5.24. The van der Waals surface area contributed by atoms with Crippen LogP contribution < -0.4 is 0 Å². The van der Waals surface area contributed by atoms with E-state index in [0.29, 0.717) is 26.1 Å². The largest absolute Gasteiger partial charge is 0.466 e. The van der Waals surface area contributed by atoms with Gasteiger partial charge in [0, 0.05) is 19.3 Å². The van der Waals surface area contributed by atoms with Crippen molar-refractivity contribution in [3.63, 3.8) is 0 Å². The van der Waals surface area contributed by atoms with Crippen LogP contribution in [0.25, 0.3) is 0 Å². The molecule has 0 aliphatic heterocycles. The zero-order chi connectivity index (χ0) is 16.0. The van der Waals surface area contributed by atoms with Gasteiger partial charge in [0.1, 0.15) is 0 Å². The zero-order valence-corrected chi connectivity index (χ0v) is 13.4. The van der Waals surface area contributed by atoms with E-state index in [-0.39, 0.29) is 11.9 Å². The fraction of sp³-hybridized carbons (Fsp3) is 0.556. The second-order valence-electron chi connectivity index (χ2n) is 5.24. The number of hydrogen-bond donors (Lipinski definition) is 0. The van der Waals surface area contributed by atoms with Gasteiger partial charge in [-0.15, -0.1) is 0 Å². The lowest BCUT2D eigenvalue weighted by Crippen LogP contribution is -2.08. The molecule has 0 aromatic heterocycles. The average molecular weight is 306 g/mol. The Morgan fingerprint density at radius 2 is 1.45 bits per heavy atom. The molecular weight excluding hydrogens is 280 g/mol. The predicted molar refractivity (Wildman–Crippen MR) is 85.4 cm³/mol. The van der Waals surface area contributed by atoms with Crippen LogP contribution in [0, 0.1) is 0 Å². The summed E-state index contributed by atoms with van der Waals surface area (Å²) in [4.78, 5) is 22.8. The molecule has 0 unspecified atom stereocenters. The van der Waals surface area contributed by atoms with Crippen molar-refractivity contribution in [3.8, 4) is 0 Å². The topological polar surface area (TPSA) is 52.6 Å². The summed E-state index contributed by atoms with van der Waals surface area (Å²) in [5.41, 5.74) is 1.17. The molecule has 0 spiro atoms. The normalized spacial score (nSPS) is 10.2. The Morgan fingerprint density at radius 1 is 0.864 bits per heavy atom. The van der Waals surface area contributed by atoms with E-state index >= 15 is 0 Å². The van der Waals surface area contributed by atoms with E-state index in [0.717, 1.165) is 32.1 Å². The van der Waals surface area contributed by atoms with E-state index in [1.165, 1.54) is 5.56 Å². The molecule has 1 rings (SSSR count). The fourth-order valence-electron chi connectivity index (χ4n) is 2.00. The van der Waals surface area contributed by atoms with E-state index in [4.69, 9.17) is 9.47 Å². The molecule has 0 saturated heterocycles. The van der Waals surface area contributed by atoms with Crippen molar-refractivity contribution in [1.82, 2.24) is 0 Å². The van der Waals surface area contributed by atoms with Gasteiger partial charge in [-0.1, -0.05) is 43.7 Å². The highest BCUT2D eigenvalue weighted by Crippen LogP contribution is 2.06. The Morgan fingerprint density at radius 3 is 2.05 bits per heavy atom. The van der Waals surface area contributed by atoms with Gasteiger partial charge in [-0.3, -0.25) is 9.59 Å². The first kappa shape index (κ1) is 18.2. The molecule has 0 aliphatic carbocycles. The van der Waals surface area contributed by atoms with Gasteiger partial charge in [-0.05, 0) is 24.8 Å². The van der Waals surface area contributed by atoms with Crippen LogP contribution in [-0.2, 0) is 25.5 Å². The molecule has 0 radical (unpaired) electrons. The molecule has 122 valence electrons. The summed E-state index contributed by atoms with van der Waals surface area (Å²) in [7, 11) is 0. The van der Waals surface area contributed by atoms with Crippen molar-refractivity contribution in [3.05, 3.63) is 35.9 Å². The molecule has 0 amide bonds. The number of ether oxygens (including phenoxy) is 2. The van der Waals surface area contributed by atoms with Crippen molar-refractivity contribution in [2.24, 2.45) is 0 Å². The van der Waals surface area contributed by atoms with Crippen LogP contribution in [0.2, 0.25) is 0 Å². The van der Waals surface area contributed by atoms with E-state index in [1.807, 2.05) is 37.3 Å². The highest BCUT2D eigenvalue weighted by Gasteiger charge is 2.05. The third-order valence-corrected chi connectivity index (χ3v) is 3.23. The minimum Gasteiger partial charge on any atom is -0.466 e. The average Bonchev–Trinajstić information content (AvgIpc) is 2.53. The highest BCUT2D eigenvalue weighted by atomic mass is 16.5. The van der Waals surface area contributed by atoms with Crippen molar-refractivity contribution < 1.29 is 19.1 Å². The molecule has 0 fully saturated rings. The Balaban J connectivity index is 1.96. The summed E-state index contributed by atoms with van der Waals surface area (Å²) in [5.74, 6) is -0.309. The lowest BCUT2D eigenvalue weighted by atomic mass is 10.1. The van der Waals surface area contributed by atoms with Crippen molar-refractivity contribution in [2.45, 2.75) is 51.9 Å². The number of unbranched alkanes of at least 4 members (excludes halogenated alkanes) is 2. The summed E-state index contributed by atoms with van der Waals surface area (Å²) in [5, 5.41) is 0. The van der Waals surface area contributed by atoms with E-state index < -0.39 is 0 Å². The van der Waals surface area contributed by atoms with Gasteiger partial charge < -0.3 is 9.47 Å². The van der Waals surface area contributed by atoms with Crippen LogP contribution in [0.1, 0.15) is 51.0 Å². The number of hydrogen-bond acceptors (Lipinski definition) is 4. The van der Waals surface area contributed by atoms with Crippen LogP contribution >= 0.6 is 0 Å². The van der Waals surface area contributed by atoms with Crippen LogP contribution in [0.4, 0.5) is 0 Å². The Bertz CT molecular complexity index is 428. The quantitative estimate of drug-likeness (QED) is 0.462. The van der Waals surface area contributed by atoms with Crippen LogP contribution in [0.5, 0.6) is 0 Å². The number of carbonyl (C=O) groups is 2. The third kappa shape index (κ3) is 9.16. The van der Waals surface area contributed by atoms with E-state index in [2.05, 4.69) is 0 Å². The molecular formula is C18H26O4. The standard InChI is InChI=1S/C18H26O4/c1-2-14-21-17(19)11-7-4-8-12-18(20)22-15-13-16-9-5-3-6-10-16/h3,5-6,9-10H,2,4,7-8,11-15H2,1H3. The number of esters is 2. The smallest absolute Gasteiger partial charge is 0.305 e. The monoisotopic (exact) mass is 306 g/mol. The first-order valence-electron chi connectivity index (χ1n) is 8.07. The number of benzene rings is 1. The summed E-state index contributed by atoms with van der Waals surface area (Å²) in [6.45, 7) is 2.88. The van der Waals surface area contributed by atoms with Gasteiger partial charge in [-0.2, -0.15) is 0 Å². The number of rotatable bonds is 11. The van der Waals surface area contributed by atoms with Crippen LogP contribution in [-0.4, -0.2) is 25.2 Å². The highest BCUT2D eigenvalue weighted by molar-refractivity contribution is 5.69. The molecule has 1 aromatic rings. The van der Waals surface area contributed by atoms with Gasteiger partial charge in [0.05, 0.1) is 13.2 Å². The minimum atomic E-state index is -0.163. The lowest BCUT2D eigenvalue weighted by Gasteiger charge is -2.05. The Kier molecular flexibility index (Phi) is 9.75. The molecule has 0 bridgehead atoms. The van der Waals surface area contributed by atoms with Gasteiger partial charge >= 0.3 is 11.9 Å². The zero-order valence-electron chi connectivity index (χ0n) is 13.4. The predicted octanol–water partition coefficient (Wildman–Crippen LogP) is 3.68. The minimum absolute atomic E-state index is 0.146. The summed E-state index contributed by atoms with van der Waals surface area (Å²) in [6.07, 6.45) is 4.80. The molecule has 0 atom stereocenters. The maximum atomic E-state index is 11.6. The van der Waals surface area contributed by atoms with Crippen molar-refractivity contribution in [2.75, 3.05) is 13.2 Å². The van der Waals surface area contributed by atoms with Gasteiger partial charge in [0.15, 0.2) is 0 Å². The van der Waals surface area contributed by atoms with Crippen LogP contribution in [0.3, 0.4) is 0 Å². The van der Waals surface area contributed by atoms with Crippen LogP contribution in [0.15, 0.2) is 30.3 Å². The maximum absolute atomic E-state index is 11.6. The first-order valence-corrected chi connectivity index (χ1v) is 8.07. The Labute approximate surface area is 132 Å². The summed E-state index contributed by atoms with van der Waals surface area (Å²) < 4.78 is 10.2. The van der Waals surface area contributed by atoms with E-state index in [9.17, 15) is 9.59 Å². The van der Waals surface area contributed by atoms with Crippen molar-refractivity contribution >= 4 is 11.9 Å². The van der Waals surface area contributed by atoms with Gasteiger partial charge in [0.25, 0.3) is 0 Å².